The Hall–Kier alpha value is -1.10. The summed E-state index contributed by atoms with van der Waals surface area (Å²) < 4.78 is 5.29. The van der Waals surface area contributed by atoms with Crippen LogP contribution in [0.15, 0.2) is 0 Å². The van der Waals surface area contributed by atoms with Gasteiger partial charge >= 0.3 is 5.97 Å². The third-order valence-electron chi connectivity index (χ3n) is 3.03. The molecule has 1 atom stereocenters. The number of morpholine rings is 1. The Morgan fingerprint density at radius 3 is 2.62 bits per heavy atom. The molecule has 5 heteroatoms. The first-order chi connectivity index (χ1) is 7.41. The SMILES string of the molecule is CCC1COCCN1C(=O)C(C)(C)C(=O)O. The number of carboxylic acids is 1. The lowest BCUT2D eigenvalue weighted by Gasteiger charge is -2.38. The second kappa shape index (κ2) is 4.82. The third kappa shape index (κ3) is 2.35. The molecule has 5 nitrogen and oxygen atoms in total. The fourth-order valence-corrected chi connectivity index (χ4v) is 1.71. The first-order valence-corrected chi connectivity index (χ1v) is 5.53. The number of ether oxygens (including phenoxy) is 1. The molecule has 1 amide bonds. The number of nitrogens with zero attached hydrogens (tertiary/aromatic N) is 1. The summed E-state index contributed by atoms with van der Waals surface area (Å²) in [5.41, 5.74) is -1.36. The largest absolute Gasteiger partial charge is 0.480 e. The third-order valence-corrected chi connectivity index (χ3v) is 3.03. The number of carboxylic acid groups (broad SMARTS) is 1. The number of rotatable bonds is 3. The molecule has 1 fully saturated rings. The van der Waals surface area contributed by atoms with Crippen molar-refractivity contribution >= 4 is 11.9 Å². The quantitative estimate of drug-likeness (QED) is 0.725. The maximum atomic E-state index is 12.1. The van der Waals surface area contributed by atoms with E-state index in [-0.39, 0.29) is 11.9 Å². The van der Waals surface area contributed by atoms with E-state index < -0.39 is 11.4 Å². The molecule has 1 N–H and O–H groups in total. The molecule has 0 radical (unpaired) electrons. The fraction of sp³-hybridized carbons (Fsp3) is 0.818. The van der Waals surface area contributed by atoms with Crippen LogP contribution in [-0.4, -0.2) is 47.7 Å². The zero-order valence-corrected chi connectivity index (χ0v) is 10.0. The van der Waals surface area contributed by atoms with Gasteiger partial charge in [0.1, 0.15) is 5.41 Å². The topological polar surface area (TPSA) is 66.8 Å². The summed E-state index contributed by atoms with van der Waals surface area (Å²) in [7, 11) is 0. The van der Waals surface area contributed by atoms with Gasteiger partial charge in [-0.25, -0.2) is 0 Å². The summed E-state index contributed by atoms with van der Waals surface area (Å²) in [5, 5.41) is 9.02. The molecule has 0 aliphatic carbocycles. The molecule has 92 valence electrons. The first kappa shape index (κ1) is 13.0. The second-order valence-electron chi connectivity index (χ2n) is 4.57. The van der Waals surface area contributed by atoms with Crippen LogP contribution in [0.1, 0.15) is 27.2 Å². The van der Waals surface area contributed by atoms with E-state index in [1.807, 2.05) is 6.92 Å². The van der Waals surface area contributed by atoms with Crippen LogP contribution in [0.5, 0.6) is 0 Å². The van der Waals surface area contributed by atoms with Gasteiger partial charge in [0.05, 0.1) is 19.3 Å². The molecule has 1 aliphatic heterocycles. The van der Waals surface area contributed by atoms with E-state index in [0.717, 1.165) is 6.42 Å². The number of carbonyl (C=O) groups is 2. The van der Waals surface area contributed by atoms with Crippen LogP contribution in [0, 0.1) is 5.41 Å². The molecule has 1 unspecified atom stereocenters. The van der Waals surface area contributed by atoms with Gasteiger partial charge in [-0.15, -0.1) is 0 Å². The van der Waals surface area contributed by atoms with Crippen molar-refractivity contribution in [1.82, 2.24) is 4.90 Å². The maximum absolute atomic E-state index is 12.1. The molecule has 0 aromatic heterocycles. The van der Waals surface area contributed by atoms with Gasteiger partial charge in [-0.1, -0.05) is 6.92 Å². The Morgan fingerprint density at radius 2 is 2.12 bits per heavy atom. The van der Waals surface area contributed by atoms with Gasteiger partial charge in [-0.3, -0.25) is 9.59 Å². The highest BCUT2D eigenvalue weighted by Crippen LogP contribution is 2.23. The predicted octanol–water partition coefficient (Wildman–Crippen LogP) is 0.735. The minimum Gasteiger partial charge on any atom is -0.480 e. The van der Waals surface area contributed by atoms with Gasteiger partial charge in [0, 0.05) is 6.54 Å². The van der Waals surface area contributed by atoms with E-state index in [9.17, 15) is 9.59 Å². The van der Waals surface area contributed by atoms with Gasteiger partial charge in [0.25, 0.3) is 0 Å². The lowest BCUT2D eigenvalue weighted by Crippen LogP contribution is -2.54. The van der Waals surface area contributed by atoms with Crippen molar-refractivity contribution in [2.45, 2.75) is 33.2 Å². The van der Waals surface area contributed by atoms with E-state index in [2.05, 4.69) is 0 Å². The molecule has 0 bridgehead atoms. The highest BCUT2D eigenvalue weighted by Gasteiger charge is 2.41. The average molecular weight is 229 g/mol. The number of hydrogen-bond donors (Lipinski definition) is 1. The summed E-state index contributed by atoms with van der Waals surface area (Å²) in [6, 6.07) is -0.000116. The summed E-state index contributed by atoms with van der Waals surface area (Å²) in [6.07, 6.45) is 0.779. The Balaban J connectivity index is 2.82. The molecule has 1 saturated heterocycles. The maximum Gasteiger partial charge on any atom is 0.318 e. The molecule has 0 aromatic rings. The predicted molar refractivity (Wildman–Crippen MR) is 58.0 cm³/mol. The monoisotopic (exact) mass is 229 g/mol. The van der Waals surface area contributed by atoms with Gasteiger partial charge < -0.3 is 14.7 Å². The summed E-state index contributed by atoms with van der Waals surface area (Å²) in [4.78, 5) is 24.8. The highest BCUT2D eigenvalue weighted by atomic mass is 16.5. The minimum atomic E-state index is -1.36. The van der Waals surface area contributed by atoms with Crippen molar-refractivity contribution in [2.75, 3.05) is 19.8 Å². The lowest BCUT2D eigenvalue weighted by atomic mass is 9.90. The second-order valence-corrected chi connectivity index (χ2v) is 4.57. The molecular weight excluding hydrogens is 210 g/mol. The van der Waals surface area contributed by atoms with Crippen molar-refractivity contribution in [3.63, 3.8) is 0 Å². The number of hydrogen-bond acceptors (Lipinski definition) is 3. The Kier molecular flexibility index (Phi) is 3.91. The standard InChI is InChI=1S/C11H19NO4/c1-4-8-7-16-6-5-12(8)9(13)11(2,3)10(14)15/h8H,4-7H2,1-3H3,(H,14,15). The van der Waals surface area contributed by atoms with E-state index in [1.165, 1.54) is 13.8 Å². The molecule has 1 heterocycles. The summed E-state index contributed by atoms with van der Waals surface area (Å²) in [6.45, 7) is 6.32. The number of amides is 1. The van der Waals surface area contributed by atoms with Crippen molar-refractivity contribution in [1.29, 1.82) is 0 Å². The first-order valence-electron chi connectivity index (χ1n) is 5.53. The van der Waals surface area contributed by atoms with Crippen LogP contribution in [0.3, 0.4) is 0 Å². The molecule has 0 spiro atoms. The highest BCUT2D eigenvalue weighted by molar-refractivity contribution is 6.01. The zero-order chi connectivity index (χ0) is 12.3. The fourth-order valence-electron chi connectivity index (χ4n) is 1.71. The smallest absolute Gasteiger partial charge is 0.318 e. The van der Waals surface area contributed by atoms with E-state index in [1.54, 1.807) is 4.90 Å². The summed E-state index contributed by atoms with van der Waals surface area (Å²) >= 11 is 0. The number of carbonyl (C=O) groups excluding carboxylic acids is 1. The minimum absolute atomic E-state index is 0.000116. The molecule has 16 heavy (non-hydrogen) atoms. The Morgan fingerprint density at radius 1 is 1.50 bits per heavy atom. The average Bonchev–Trinajstić information content (AvgIpc) is 2.27. The van der Waals surface area contributed by atoms with Crippen LogP contribution in [0.25, 0.3) is 0 Å². The lowest BCUT2D eigenvalue weighted by molar-refractivity contribution is -0.162. The van der Waals surface area contributed by atoms with Crippen molar-refractivity contribution < 1.29 is 19.4 Å². The van der Waals surface area contributed by atoms with Gasteiger partial charge in [-0.2, -0.15) is 0 Å². The molecular formula is C11H19NO4. The van der Waals surface area contributed by atoms with Crippen LogP contribution < -0.4 is 0 Å². The molecule has 0 saturated carbocycles. The van der Waals surface area contributed by atoms with E-state index in [0.29, 0.717) is 19.8 Å². The van der Waals surface area contributed by atoms with Crippen molar-refractivity contribution in [3.05, 3.63) is 0 Å². The number of aliphatic carboxylic acids is 1. The van der Waals surface area contributed by atoms with Gasteiger partial charge in [0.15, 0.2) is 0 Å². The summed E-state index contributed by atoms with van der Waals surface area (Å²) in [5.74, 6) is -1.41. The van der Waals surface area contributed by atoms with Crippen LogP contribution in [0.4, 0.5) is 0 Å². The van der Waals surface area contributed by atoms with E-state index >= 15 is 0 Å². The van der Waals surface area contributed by atoms with E-state index in [4.69, 9.17) is 9.84 Å². The normalized spacial score (nSPS) is 21.9. The van der Waals surface area contributed by atoms with Crippen molar-refractivity contribution in [2.24, 2.45) is 5.41 Å². The molecule has 0 aromatic carbocycles. The molecule has 1 aliphatic rings. The van der Waals surface area contributed by atoms with Gasteiger partial charge in [0.2, 0.25) is 5.91 Å². The van der Waals surface area contributed by atoms with Gasteiger partial charge in [-0.05, 0) is 20.3 Å². The molecule has 1 rings (SSSR count). The Labute approximate surface area is 95.4 Å². The van der Waals surface area contributed by atoms with Crippen LogP contribution in [0.2, 0.25) is 0 Å². The van der Waals surface area contributed by atoms with Crippen LogP contribution >= 0.6 is 0 Å². The van der Waals surface area contributed by atoms with Crippen molar-refractivity contribution in [3.8, 4) is 0 Å². The zero-order valence-electron chi connectivity index (χ0n) is 10.0. The van der Waals surface area contributed by atoms with Crippen LogP contribution in [-0.2, 0) is 14.3 Å². The Bertz CT molecular complexity index is 288.